The number of rotatable bonds is 16. The quantitative estimate of drug-likeness (QED) is 0.116. The highest BCUT2D eigenvalue weighted by Gasteiger charge is 2.11. The molecule has 0 saturated heterocycles. The summed E-state index contributed by atoms with van der Waals surface area (Å²) >= 11 is 0. The zero-order valence-corrected chi connectivity index (χ0v) is 20.8. The van der Waals surface area contributed by atoms with Crippen molar-refractivity contribution in [2.75, 3.05) is 19.8 Å². The topological polar surface area (TPSA) is 78.9 Å². The maximum absolute atomic E-state index is 12.2. The van der Waals surface area contributed by atoms with Crippen LogP contribution in [0.25, 0.3) is 5.76 Å². The lowest BCUT2D eigenvalue weighted by atomic mass is 10.1. The summed E-state index contributed by atoms with van der Waals surface area (Å²) in [5, 5.41) is 0. The van der Waals surface area contributed by atoms with Gasteiger partial charge in [-0.2, -0.15) is 0 Å². The number of unbranched alkanes of at least 4 members (excludes halogenated alkanes) is 3. The summed E-state index contributed by atoms with van der Waals surface area (Å²) in [6.07, 6.45) is 5.67. The van der Waals surface area contributed by atoms with E-state index in [4.69, 9.17) is 14.2 Å². The Morgan fingerprint density at radius 3 is 1.51 bits per heavy atom. The van der Waals surface area contributed by atoms with E-state index in [2.05, 4.69) is 13.5 Å². The first-order valence-electron chi connectivity index (χ1n) is 12.4. The van der Waals surface area contributed by atoms with Gasteiger partial charge in [-0.1, -0.05) is 57.5 Å². The Labute approximate surface area is 208 Å². The summed E-state index contributed by atoms with van der Waals surface area (Å²) in [4.78, 5) is 36.2. The highest BCUT2D eigenvalue weighted by molar-refractivity contribution is 5.97. The Morgan fingerprint density at radius 2 is 1.03 bits per heavy atom. The van der Waals surface area contributed by atoms with Gasteiger partial charge in [-0.15, -0.1) is 0 Å². The van der Waals surface area contributed by atoms with E-state index >= 15 is 0 Å². The van der Waals surface area contributed by atoms with Gasteiger partial charge in [-0.05, 0) is 49.9 Å². The molecule has 0 radical (unpaired) electrons. The highest BCUT2D eigenvalue weighted by Crippen LogP contribution is 2.16. The number of esters is 2. The Bertz CT molecular complexity index is 960. The van der Waals surface area contributed by atoms with Gasteiger partial charge in [0.25, 0.3) is 0 Å². The molecule has 0 saturated carbocycles. The minimum atomic E-state index is -0.437. The SMILES string of the molecule is C=C(OCCCCC)c1ccc(C(=O)OCCCCOC(=O)c2ccc(C(=O)CCC)cc2)cc1. The van der Waals surface area contributed by atoms with E-state index in [-0.39, 0.29) is 19.0 Å². The van der Waals surface area contributed by atoms with Crippen LogP contribution in [-0.2, 0) is 14.2 Å². The fraction of sp³-hybridized carbons (Fsp3) is 0.414. The number of hydrogen-bond acceptors (Lipinski definition) is 6. The molecule has 2 rings (SSSR count). The van der Waals surface area contributed by atoms with E-state index in [9.17, 15) is 14.4 Å². The Kier molecular flexibility index (Phi) is 12.3. The first-order valence-corrected chi connectivity index (χ1v) is 12.4. The lowest BCUT2D eigenvalue weighted by Gasteiger charge is -2.10. The van der Waals surface area contributed by atoms with Gasteiger partial charge >= 0.3 is 11.9 Å². The molecule has 0 spiro atoms. The zero-order chi connectivity index (χ0) is 25.5. The van der Waals surface area contributed by atoms with Crippen molar-refractivity contribution >= 4 is 23.5 Å². The Balaban J connectivity index is 1.64. The molecule has 2 aromatic carbocycles. The Morgan fingerprint density at radius 1 is 0.600 bits per heavy atom. The molecule has 0 aliphatic carbocycles. The molecule has 0 heterocycles. The molecule has 2 aromatic rings. The van der Waals surface area contributed by atoms with E-state index in [0.29, 0.717) is 48.3 Å². The number of benzene rings is 2. The third-order valence-corrected chi connectivity index (χ3v) is 5.39. The normalized spacial score (nSPS) is 10.5. The van der Waals surface area contributed by atoms with Crippen LogP contribution in [-0.4, -0.2) is 37.5 Å². The van der Waals surface area contributed by atoms with Gasteiger partial charge in [-0.25, -0.2) is 9.59 Å². The van der Waals surface area contributed by atoms with Gasteiger partial charge in [-0.3, -0.25) is 4.79 Å². The van der Waals surface area contributed by atoms with Crippen molar-refractivity contribution < 1.29 is 28.6 Å². The molecule has 35 heavy (non-hydrogen) atoms. The van der Waals surface area contributed by atoms with Crippen molar-refractivity contribution in [3.63, 3.8) is 0 Å². The minimum absolute atomic E-state index is 0.0650. The van der Waals surface area contributed by atoms with Crippen molar-refractivity contribution in [2.45, 2.75) is 58.8 Å². The molecule has 0 aliphatic rings. The van der Waals surface area contributed by atoms with Gasteiger partial charge in [0.15, 0.2) is 5.78 Å². The third kappa shape index (κ3) is 9.77. The predicted molar refractivity (Wildman–Crippen MR) is 136 cm³/mol. The van der Waals surface area contributed by atoms with Crippen molar-refractivity contribution in [1.82, 2.24) is 0 Å². The first kappa shape index (κ1) is 27.8. The number of ether oxygens (including phenoxy) is 3. The van der Waals surface area contributed by atoms with Crippen LogP contribution in [0.5, 0.6) is 0 Å². The number of Topliss-reactive ketones (excluding diaryl/α,β-unsaturated/α-hetero) is 1. The molecular weight excluding hydrogens is 444 g/mol. The minimum Gasteiger partial charge on any atom is -0.494 e. The van der Waals surface area contributed by atoms with Gasteiger partial charge in [0, 0.05) is 17.5 Å². The first-order chi connectivity index (χ1) is 17.0. The second kappa shape index (κ2) is 15.5. The zero-order valence-electron chi connectivity index (χ0n) is 20.8. The van der Waals surface area contributed by atoms with Crippen LogP contribution in [0.15, 0.2) is 55.1 Å². The lowest BCUT2D eigenvalue weighted by Crippen LogP contribution is -2.09. The summed E-state index contributed by atoms with van der Waals surface area (Å²) in [6.45, 7) is 9.12. The molecule has 6 heteroatoms. The Hall–Kier alpha value is -3.41. The van der Waals surface area contributed by atoms with Crippen LogP contribution >= 0.6 is 0 Å². The fourth-order valence-electron chi connectivity index (χ4n) is 3.29. The van der Waals surface area contributed by atoms with Crippen LogP contribution in [0, 0.1) is 0 Å². The number of carbonyl (C=O) groups excluding carboxylic acids is 3. The second-order valence-electron chi connectivity index (χ2n) is 8.29. The van der Waals surface area contributed by atoms with Crippen LogP contribution in [0.3, 0.4) is 0 Å². The number of hydrogen-bond donors (Lipinski definition) is 0. The van der Waals surface area contributed by atoms with E-state index in [0.717, 1.165) is 31.2 Å². The van der Waals surface area contributed by atoms with Gasteiger partial charge < -0.3 is 14.2 Å². The van der Waals surface area contributed by atoms with E-state index < -0.39 is 11.9 Å². The molecule has 0 aromatic heterocycles. The van der Waals surface area contributed by atoms with Crippen LogP contribution in [0.4, 0.5) is 0 Å². The predicted octanol–water partition coefficient (Wildman–Crippen LogP) is 6.64. The van der Waals surface area contributed by atoms with Crippen LogP contribution in [0.1, 0.15) is 95.4 Å². The largest absolute Gasteiger partial charge is 0.494 e. The van der Waals surface area contributed by atoms with Crippen molar-refractivity contribution in [3.05, 3.63) is 77.4 Å². The van der Waals surface area contributed by atoms with Gasteiger partial charge in [0.2, 0.25) is 0 Å². The molecule has 0 N–H and O–H groups in total. The van der Waals surface area contributed by atoms with Gasteiger partial charge in [0.05, 0.1) is 30.9 Å². The molecular formula is C29H36O6. The molecule has 6 nitrogen and oxygen atoms in total. The summed E-state index contributed by atoms with van der Waals surface area (Å²) < 4.78 is 16.2. The molecule has 0 bridgehead atoms. The van der Waals surface area contributed by atoms with Crippen molar-refractivity contribution in [2.24, 2.45) is 0 Å². The van der Waals surface area contributed by atoms with E-state index in [1.54, 1.807) is 48.5 Å². The fourth-order valence-corrected chi connectivity index (χ4v) is 3.29. The lowest BCUT2D eigenvalue weighted by molar-refractivity contribution is 0.0432. The number of ketones is 1. The maximum atomic E-state index is 12.2. The summed E-state index contributed by atoms with van der Waals surface area (Å²) in [7, 11) is 0. The van der Waals surface area contributed by atoms with E-state index in [1.807, 2.05) is 6.92 Å². The molecule has 0 atom stereocenters. The monoisotopic (exact) mass is 480 g/mol. The summed E-state index contributed by atoms with van der Waals surface area (Å²) in [6, 6.07) is 13.5. The smallest absolute Gasteiger partial charge is 0.338 e. The number of carbonyl (C=O) groups is 3. The highest BCUT2D eigenvalue weighted by atomic mass is 16.5. The molecule has 0 amide bonds. The third-order valence-electron chi connectivity index (χ3n) is 5.39. The maximum Gasteiger partial charge on any atom is 0.338 e. The average molecular weight is 481 g/mol. The van der Waals surface area contributed by atoms with Gasteiger partial charge in [0.1, 0.15) is 5.76 Å². The molecule has 188 valence electrons. The van der Waals surface area contributed by atoms with Crippen molar-refractivity contribution in [3.8, 4) is 0 Å². The standard InChI is InChI=1S/C29H36O6/c1-4-6-7-19-33-22(3)23-11-15-25(16-12-23)28(31)34-20-8-9-21-35-29(32)26-17-13-24(14-18-26)27(30)10-5-2/h11-18H,3-10,19-21H2,1-2H3. The summed E-state index contributed by atoms with van der Waals surface area (Å²) in [5.74, 6) is -0.181. The van der Waals surface area contributed by atoms with Crippen LogP contribution in [0.2, 0.25) is 0 Å². The molecule has 0 unspecified atom stereocenters. The van der Waals surface area contributed by atoms with Crippen molar-refractivity contribution in [1.29, 1.82) is 0 Å². The van der Waals surface area contributed by atoms with E-state index in [1.165, 1.54) is 0 Å². The van der Waals surface area contributed by atoms with Crippen LogP contribution < -0.4 is 0 Å². The second-order valence-corrected chi connectivity index (χ2v) is 8.29. The molecule has 0 fully saturated rings. The molecule has 0 aliphatic heterocycles. The average Bonchev–Trinajstić information content (AvgIpc) is 2.88. The summed E-state index contributed by atoms with van der Waals surface area (Å²) in [5.41, 5.74) is 2.30.